The molecule has 0 aliphatic carbocycles. The van der Waals surface area contributed by atoms with Crippen LogP contribution in [0.1, 0.15) is 17.3 Å². The van der Waals surface area contributed by atoms with Gasteiger partial charge in [0.15, 0.2) is 5.78 Å². The fraction of sp³-hybridized carbons (Fsp3) is 0.167. The van der Waals surface area contributed by atoms with Gasteiger partial charge in [-0.15, -0.1) is 0 Å². The van der Waals surface area contributed by atoms with Crippen molar-refractivity contribution in [3.63, 3.8) is 0 Å². The maximum Gasteiger partial charge on any atom is 0.319 e. The summed E-state index contributed by atoms with van der Waals surface area (Å²) < 4.78 is 0. The average molecular weight is 253 g/mol. The summed E-state index contributed by atoms with van der Waals surface area (Å²) in [5, 5.41) is 5.48. The number of hydrogen-bond acceptors (Lipinski definition) is 2. The molecular weight excluding hydrogens is 240 g/mol. The van der Waals surface area contributed by atoms with Gasteiger partial charge in [0.25, 0.3) is 0 Å². The third-order valence-electron chi connectivity index (χ3n) is 1.99. The van der Waals surface area contributed by atoms with Crippen LogP contribution in [-0.2, 0) is 0 Å². The number of benzene rings is 1. The Morgan fingerprint density at radius 3 is 2.35 bits per heavy atom. The number of carbonyl (C=O) groups is 2. The number of nitrogens with one attached hydrogen (secondary N) is 2. The van der Waals surface area contributed by atoms with E-state index in [1.807, 2.05) is 0 Å². The summed E-state index contributed by atoms with van der Waals surface area (Å²) in [6, 6.07) is 6.25. The lowest BCUT2D eigenvalue weighted by atomic mass is 10.1. The Balaban J connectivity index is 2.54. The standard InChI is InChI=1S/C12H13ClN2O2/c1-8(13)7-14-12(17)15-11-5-3-10(4-6-11)9(2)16/h3-6H,1,7H2,2H3,(H2,14,15,17). The number of halogens is 1. The summed E-state index contributed by atoms with van der Waals surface area (Å²) >= 11 is 5.51. The largest absolute Gasteiger partial charge is 0.333 e. The maximum atomic E-state index is 11.3. The van der Waals surface area contributed by atoms with E-state index < -0.39 is 0 Å². The summed E-state index contributed by atoms with van der Waals surface area (Å²) in [5.41, 5.74) is 1.21. The molecule has 17 heavy (non-hydrogen) atoms. The number of amides is 2. The highest BCUT2D eigenvalue weighted by Crippen LogP contribution is 2.09. The van der Waals surface area contributed by atoms with Crippen LogP contribution >= 0.6 is 11.6 Å². The van der Waals surface area contributed by atoms with E-state index in [0.717, 1.165) is 0 Å². The third kappa shape index (κ3) is 4.70. The van der Waals surface area contributed by atoms with Crippen molar-refractivity contribution in [2.45, 2.75) is 6.92 Å². The van der Waals surface area contributed by atoms with Gasteiger partial charge in [0, 0.05) is 16.3 Å². The molecular formula is C12H13ClN2O2. The topological polar surface area (TPSA) is 58.2 Å². The first kappa shape index (κ1) is 13.3. The molecule has 4 nitrogen and oxygen atoms in total. The van der Waals surface area contributed by atoms with E-state index in [-0.39, 0.29) is 18.4 Å². The second kappa shape index (κ2) is 6.06. The number of urea groups is 1. The lowest BCUT2D eigenvalue weighted by Gasteiger charge is -2.07. The van der Waals surface area contributed by atoms with Gasteiger partial charge in [-0.3, -0.25) is 4.79 Å². The van der Waals surface area contributed by atoms with Gasteiger partial charge in [-0.2, -0.15) is 0 Å². The Morgan fingerprint density at radius 1 is 1.29 bits per heavy atom. The predicted octanol–water partition coefficient (Wildman–Crippen LogP) is 2.76. The first-order chi connectivity index (χ1) is 7.99. The molecule has 0 radical (unpaired) electrons. The third-order valence-corrected chi connectivity index (χ3v) is 2.12. The maximum absolute atomic E-state index is 11.3. The van der Waals surface area contributed by atoms with Crippen LogP contribution in [0.3, 0.4) is 0 Å². The van der Waals surface area contributed by atoms with Gasteiger partial charge in [0.05, 0.1) is 6.54 Å². The molecule has 2 amide bonds. The fourth-order valence-electron chi connectivity index (χ4n) is 1.14. The second-order valence-electron chi connectivity index (χ2n) is 3.46. The van der Waals surface area contributed by atoms with Crippen LogP contribution in [0.2, 0.25) is 0 Å². The van der Waals surface area contributed by atoms with Gasteiger partial charge in [-0.1, -0.05) is 18.2 Å². The fourth-order valence-corrected chi connectivity index (χ4v) is 1.21. The van der Waals surface area contributed by atoms with Gasteiger partial charge in [0.2, 0.25) is 0 Å². The van der Waals surface area contributed by atoms with Crippen molar-refractivity contribution in [3.05, 3.63) is 41.4 Å². The number of anilines is 1. The highest BCUT2D eigenvalue weighted by Gasteiger charge is 2.02. The van der Waals surface area contributed by atoms with Crippen LogP contribution in [0.15, 0.2) is 35.9 Å². The van der Waals surface area contributed by atoms with Gasteiger partial charge in [-0.05, 0) is 31.2 Å². The number of rotatable bonds is 4. The Kier molecular flexibility index (Phi) is 4.72. The SMILES string of the molecule is C=C(Cl)CNC(=O)Nc1ccc(C(C)=O)cc1. The number of Topliss-reactive ketones (excluding diaryl/α,β-unsaturated/α-hetero) is 1. The summed E-state index contributed by atoms with van der Waals surface area (Å²) in [4.78, 5) is 22.4. The van der Waals surface area contributed by atoms with Crippen molar-refractivity contribution in [3.8, 4) is 0 Å². The van der Waals surface area contributed by atoms with Crippen molar-refractivity contribution >= 4 is 29.1 Å². The summed E-state index contributed by atoms with van der Waals surface area (Å²) in [6.07, 6.45) is 0. The normalized spacial score (nSPS) is 9.53. The van der Waals surface area contributed by atoms with Gasteiger partial charge >= 0.3 is 6.03 Å². The molecule has 0 unspecified atom stereocenters. The van der Waals surface area contributed by atoms with Crippen LogP contribution < -0.4 is 10.6 Å². The Morgan fingerprint density at radius 2 is 1.88 bits per heavy atom. The molecule has 0 spiro atoms. The van der Waals surface area contributed by atoms with Crippen molar-refractivity contribution in [2.75, 3.05) is 11.9 Å². The van der Waals surface area contributed by atoms with E-state index >= 15 is 0 Å². The van der Waals surface area contributed by atoms with Gasteiger partial charge < -0.3 is 10.6 Å². The molecule has 0 fully saturated rings. The molecule has 90 valence electrons. The number of hydrogen-bond donors (Lipinski definition) is 2. The minimum atomic E-state index is -0.373. The van der Waals surface area contributed by atoms with E-state index in [4.69, 9.17) is 11.6 Å². The molecule has 0 aromatic heterocycles. The highest BCUT2D eigenvalue weighted by atomic mass is 35.5. The van der Waals surface area contributed by atoms with Crippen LogP contribution in [0.5, 0.6) is 0 Å². The van der Waals surface area contributed by atoms with Crippen LogP contribution in [0, 0.1) is 0 Å². The lowest BCUT2D eigenvalue weighted by Crippen LogP contribution is -2.29. The zero-order chi connectivity index (χ0) is 12.8. The Labute approximate surface area is 105 Å². The van der Waals surface area contributed by atoms with Crippen molar-refractivity contribution in [1.82, 2.24) is 5.32 Å². The van der Waals surface area contributed by atoms with Crippen LogP contribution in [0.4, 0.5) is 10.5 Å². The molecule has 2 N–H and O–H groups in total. The van der Waals surface area contributed by atoms with Crippen molar-refractivity contribution < 1.29 is 9.59 Å². The summed E-state index contributed by atoms with van der Waals surface area (Å²) in [7, 11) is 0. The molecule has 0 bridgehead atoms. The lowest BCUT2D eigenvalue weighted by molar-refractivity contribution is 0.101. The molecule has 0 aliphatic rings. The van der Waals surface area contributed by atoms with Crippen LogP contribution in [0.25, 0.3) is 0 Å². The average Bonchev–Trinajstić information content (AvgIpc) is 2.27. The van der Waals surface area contributed by atoms with E-state index in [9.17, 15) is 9.59 Å². The second-order valence-corrected chi connectivity index (χ2v) is 3.99. The Bertz CT molecular complexity index is 440. The minimum Gasteiger partial charge on any atom is -0.333 e. The quantitative estimate of drug-likeness (QED) is 0.810. The molecule has 1 aromatic carbocycles. The predicted molar refractivity (Wildman–Crippen MR) is 68.5 cm³/mol. The number of carbonyl (C=O) groups excluding carboxylic acids is 2. The molecule has 0 atom stereocenters. The first-order valence-electron chi connectivity index (χ1n) is 4.98. The van der Waals surface area contributed by atoms with E-state index in [0.29, 0.717) is 16.3 Å². The molecule has 1 aromatic rings. The monoisotopic (exact) mass is 252 g/mol. The molecule has 0 heterocycles. The van der Waals surface area contributed by atoms with E-state index in [1.54, 1.807) is 24.3 Å². The van der Waals surface area contributed by atoms with Crippen LogP contribution in [-0.4, -0.2) is 18.4 Å². The van der Waals surface area contributed by atoms with Crippen molar-refractivity contribution in [1.29, 1.82) is 0 Å². The first-order valence-corrected chi connectivity index (χ1v) is 5.36. The zero-order valence-electron chi connectivity index (χ0n) is 9.42. The molecule has 5 heteroatoms. The molecule has 1 rings (SSSR count). The zero-order valence-corrected chi connectivity index (χ0v) is 10.2. The molecule has 0 saturated heterocycles. The molecule has 0 aliphatic heterocycles. The smallest absolute Gasteiger partial charge is 0.319 e. The number of ketones is 1. The molecule has 0 saturated carbocycles. The minimum absolute atomic E-state index is 0.0144. The van der Waals surface area contributed by atoms with Crippen molar-refractivity contribution in [2.24, 2.45) is 0 Å². The summed E-state index contributed by atoms with van der Waals surface area (Å²) in [6.45, 7) is 5.15. The van der Waals surface area contributed by atoms with Gasteiger partial charge in [-0.25, -0.2) is 4.79 Å². The highest BCUT2D eigenvalue weighted by molar-refractivity contribution is 6.29. The van der Waals surface area contributed by atoms with Gasteiger partial charge in [0.1, 0.15) is 0 Å². The van der Waals surface area contributed by atoms with E-state index in [2.05, 4.69) is 17.2 Å². The summed E-state index contributed by atoms with van der Waals surface area (Å²) in [5.74, 6) is -0.0144. The van der Waals surface area contributed by atoms with E-state index in [1.165, 1.54) is 6.92 Å². The Hall–Kier alpha value is -1.81.